The second-order valence-electron chi connectivity index (χ2n) is 12.9. The van der Waals surface area contributed by atoms with E-state index < -0.39 is 71.9 Å². The van der Waals surface area contributed by atoms with Gasteiger partial charge in [-0.3, -0.25) is 28.7 Å². The summed E-state index contributed by atoms with van der Waals surface area (Å²) in [5.74, 6) is -4.45. The number of esters is 1. The highest BCUT2D eigenvalue weighted by molar-refractivity contribution is 5.95. The van der Waals surface area contributed by atoms with Crippen molar-refractivity contribution in [1.82, 2.24) is 36.3 Å². The number of ether oxygens (including phenoxy) is 3. The Morgan fingerprint density at radius 3 is 2.39 bits per heavy atom. The van der Waals surface area contributed by atoms with Gasteiger partial charge in [-0.2, -0.15) is 0 Å². The molecule has 4 amide bonds. The molecule has 46 heavy (non-hydrogen) atoms. The van der Waals surface area contributed by atoms with Crippen LogP contribution in [0, 0.1) is 17.8 Å². The minimum Gasteiger partial charge on any atom is -0.468 e. The number of ketones is 1. The predicted molar refractivity (Wildman–Crippen MR) is 164 cm³/mol. The van der Waals surface area contributed by atoms with Crippen LogP contribution in [0.1, 0.15) is 73.4 Å². The number of Topliss-reactive ketones (excluding diaryl/α,β-unsaturated/α-hetero) is 1. The van der Waals surface area contributed by atoms with E-state index in [4.69, 9.17) is 9.47 Å². The van der Waals surface area contributed by atoms with Crippen molar-refractivity contribution < 1.29 is 43.0 Å². The molecule has 0 radical (unpaired) electrons. The smallest absolute Gasteiger partial charge is 0.408 e. The summed E-state index contributed by atoms with van der Waals surface area (Å²) >= 11 is 0. The van der Waals surface area contributed by atoms with Crippen LogP contribution in [-0.4, -0.2) is 94.5 Å². The third-order valence-corrected chi connectivity index (χ3v) is 7.16. The molecule has 0 unspecified atom stereocenters. The number of fused-ring (bicyclic) bond motifs is 2. The molecule has 1 aliphatic heterocycles. The van der Waals surface area contributed by atoms with Crippen molar-refractivity contribution in [2.45, 2.75) is 105 Å². The summed E-state index contributed by atoms with van der Waals surface area (Å²) in [5.41, 5.74) is -0.335. The van der Waals surface area contributed by atoms with Gasteiger partial charge in [-0.05, 0) is 45.4 Å². The van der Waals surface area contributed by atoms with E-state index in [1.807, 2.05) is 0 Å². The number of aromatic nitrogens is 3. The van der Waals surface area contributed by atoms with Crippen LogP contribution in [-0.2, 0) is 51.3 Å². The summed E-state index contributed by atoms with van der Waals surface area (Å²) in [4.78, 5) is 77.8. The molecule has 4 N–H and O–H groups in total. The highest BCUT2D eigenvalue weighted by Crippen LogP contribution is 2.20. The molecule has 16 heteroatoms. The Balaban J connectivity index is 2.39. The maximum absolute atomic E-state index is 13.6. The minimum atomic E-state index is -1.23. The first-order chi connectivity index (χ1) is 21.5. The fourth-order valence-electron chi connectivity index (χ4n) is 4.60. The molecule has 1 aromatic rings. The molecule has 4 atom stereocenters. The van der Waals surface area contributed by atoms with E-state index in [1.54, 1.807) is 59.3 Å². The van der Waals surface area contributed by atoms with Gasteiger partial charge in [-0.25, -0.2) is 4.79 Å². The molecule has 258 valence electrons. The molecular weight excluding hydrogens is 602 g/mol. The molecular formula is C30H49N7O9. The number of aryl methyl sites for hydroxylation is 1. The third kappa shape index (κ3) is 12.7. The van der Waals surface area contributed by atoms with E-state index >= 15 is 0 Å². The highest BCUT2D eigenvalue weighted by Gasteiger charge is 2.35. The molecule has 2 bridgehead atoms. The Morgan fingerprint density at radius 1 is 1.09 bits per heavy atom. The van der Waals surface area contributed by atoms with Crippen LogP contribution >= 0.6 is 0 Å². The van der Waals surface area contributed by atoms with Crippen molar-refractivity contribution in [3.05, 3.63) is 11.9 Å². The van der Waals surface area contributed by atoms with Gasteiger partial charge in [0.05, 0.1) is 32.6 Å². The Morgan fingerprint density at radius 2 is 1.78 bits per heavy atom. The lowest BCUT2D eigenvalue weighted by Gasteiger charge is -2.29. The molecule has 0 spiro atoms. The topological polar surface area (TPSA) is 209 Å². The van der Waals surface area contributed by atoms with E-state index in [1.165, 1.54) is 7.11 Å². The van der Waals surface area contributed by atoms with E-state index in [-0.39, 0.29) is 37.8 Å². The zero-order chi connectivity index (χ0) is 34.6. The van der Waals surface area contributed by atoms with Crippen molar-refractivity contribution in [3.63, 3.8) is 0 Å². The first-order valence-electron chi connectivity index (χ1n) is 15.4. The second-order valence-corrected chi connectivity index (χ2v) is 12.9. The van der Waals surface area contributed by atoms with E-state index in [0.717, 1.165) is 0 Å². The van der Waals surface area contributed by atoms with Crippen LogP contribution < -0.4 is 21.3 Å². The van der Waals surface area contributed by atoms with Gasteiger partial charge >= 0.3 is 12.1 Å². The van der Waals surface area contributed by atoms with Crippen molar-refractivity contribution in [2.24, 2.45) is 17.8 Å². The summed E-state index contributed by atoms with van der Waals surface area (Å²) < 4.78 is 17.2. The normalized spacial score (nSPS) is 22.5. The lowest BCUT2D eigenvalue weighted by atomic mass is 9.86. The maximum atomic E-state index is 13.6. The number of carbonyl (C=O) groups excluding carboxylic acids is 6. The summed E-state index contributed by atoms with van der Waals surface area (Å²) in [6.07, 6.45) is 1.37. The van der Waals surface area contributed by atoms with E-state index in [9.17, 15) is 28.8 Å². The number of hydrogen-bond acceptors (Lipinski definition) is 11. The Hall–Kier alpha value is -4.08. The van der Waals surface area contributed by atoms with Gasteiger partial charge in [0.2, 0.25) is 17.7 Å². The number of methoxy groups -OCH3 is 1. The molecule has 0 aromatic carbocycles. The molecule has 16 nitrogen and oxygen atoms in total. The monoisotopic (exact) mass is 651 g/mol. The third-order valence-electron chi connectivity index (χ3n) is 7.16. The number of carbonyl (C=O) groups is 6. The van der Waals surface area contributed by atoms with Crippen molar-refractivity contribution >= 4 is 35.6 Å². The quantitative estimate of drug-likeness (QED) is 0.314. The Bertz CT molecular complexity index is 1230. The van der Waals surface area contributed by atoms with Gasteiger partial charge in [0.1, 0.15) is 29.9 Å². The van der Waals surface area contributed by atoms with Crippen LogP contribution in [0.15, 0.2) is 6.20 Å². The molecule has 0 saturated heterocycles. The summed E-state index contributed by atoms with van der Waals surface area (Å²) in [6.45, 7) is 11.8. The average molecular weight is 652 g/mol. The first kappa shape index (κ1) is 38.1. The first-order valence-corrected chi connectivity index (χ1v) is 15.4. The molecule has 0 aliphatic carbocycles. The van der Waals surface area contributed by atoms with Crippen LogP contribution in [0.4, 0.5) is 4.79 Å². The molecule has 2 rings (SSSR count). The second kappa shape index (κ2) is 17.6. The molecule has 1 aliphatic rings. The van der Waals surface area contributed by atoms with Gasteiger partial charge < -0.3 is 35.5 Å². The van der Waals surface area contributed by atoms with Crippen LogP contribution in [0.5, 0.6) is 0 Å². The Labute approximate surface area is 269 Å². The highest BCUT2D eigenvalue weighted by atomic mass is 16.6. The van der Waals surface area contributed by atoms with E-state index in [0.29, 0.717) is 18.7 Å². The SMILES string of the molecule is COC(=O)CNC(=O)[C@@H]1COCc2cn(nn2)CCC[C@H](NC(=O)OC(C)(C)C)C(=O)C[C@@H](C(C)C)C(=O)N[C@@H](C(C)C)C(=O)N1. The number of rotatable bonds is 6. The molecule has 1 aromatic heterocycles. The van der Waals surface area contributed by atoms with Gasteiger partial charge in [-0.1, -0.05) is 32.9 Å². The fraction of sp³-hybridized carbons (Fsp3) is 0.733. The van der Waals surface area contributed by atoms with E-state index in [2.05, 4.69) is 36.3 Å². The standard InChI is InChI=1S/C30H49N7O9/c1-17(2)20-12-23(38)21(33-29(43)46-30(5,6)7)10-9-11-37-14-19(35-36-37)15-45-16-22(27(41)31-13-24(39)44-8)32-28(42)25(18(3)4)34-26(20)40/h14,17-18,20-22,25H,9-13,15-16H2,1-8H3,(H,31,41)(H,32,42)(H,33,43)(H,34,40)/t20-,21-,22-,25-/m0/s1. The van der Waals surface area contributed by atoms with Crippen LogP contribution in [0.3, 0.4) is 0 Å². The number of hydrogen-bond donors (Lipinski definition) is 4. The van der Waals surface area contributed by atoms with Crippen LogP contribution in [0.25, 0.3) is 0 Å². The van der Waals surface area contributed by atoms with Crippen LogP contribution in [0.2, 0.25) is 0 Å². The van der Waals surface area contributed by atoms with Gasteiger partial charge in [0.25, 0.3) is 0 Å². The zero-order valence-corrected chi connectivity index (χ0v) is 28.0. The van der Waals surface area contributed by atoms with Gasteiger partial charge in [-0.15, -0.1) is 5.10 Å². The number of nitrogens with one attached hydrogen (secondary N) is 4. The lowest BCUT2D eigenvalue weighted by molar-refractivity contribution is -0.142. The molecule has 2 heterocycles. The Kier molecular flexibility index (Phi) is 14.6. The van der Waals surface area contributed by atoms with Crippen molar-refractivity contribution in [2.75, 3.05) is 20.3 Å². The lowest BCUT2D eigenvalue weighted by Crippen LogP contribution is -2.58. The summed E-state index contributed by atoms with van der Waals surface area (Å²) in [6, 6.07) is -3.24. The summed E-state index contributed by atoms with van der Waals surface area (Å²) in [5, 5.41) is 18.6. The average Bonchev–Trinajstić information content (AvgIpc) is 3.41. The zero-order valence-electron chi connectivity index (χ0n) is 28.0. The maximum Gasteiger partial charge on any atom is 0.408 e. The summed E-state index contributed by atoms with van der Waals surface area (Å²) in [7, 11) is 1.18. The van der Waals surface area contributed by atoms with Crippen molar-refractivity contribution in [1.29, 1.82) is 0 Å². The number of alkyl carbamates (subject to hydrolysis) is 1. The number of amides is 4. The fourth-order valence-corrected chi connectivity index (χ4v) is 4.60. The minimum absolute atomic E-state index is 0.0433. The molecule has 0 saturated carbocycles. The largest absolute Gasteiger partial charge is 0.468 e. The predicted octanol–water partition coefficient (Wildman–Crippen LogP) is 0.628. The molecule has 0 fully saturated rings. The van der Waals surface area contributed by atoms with Gasteiger partial charge in [0.15, 0.2) is 5.78 Å². The van der Waals surface area contributed by atoms with Crippen molar-refractivity contribution in [3.8, 4) is 0 Å². The number of nitrogens with zero attached hydrogens (tertiary/aromatic N) is 3. The van der Waals surface area contributed by atoms with Gasteiger partial charge in [0, 0.05) is 18.9 Å².